The molecule has 1 heterocycles. The Morgan fingerprint density at radius 1 is 1.44 bits per heavy atom. The van der Waals surface area contributed by atoms with Crippen molar-refractivity contribution in [2.75, 3.05) is 0 Å². The number of carboxylic acid groups (broad SMARTS) is 1. The molecule has 0 unspecified atom stereocenters. The summed E-state index contributed by atoms with van der Waals surface area (Å²) in [6.45, 7) is 1.38. The third-order valence-electron chi connectivity index (χ3n) is 2.23. The van der Waals surface area contributed by atoms with Crippen LogP contribution in [0.2, 0.25) is 0 Å². The van der Waals surface area contributed by atoms with E-state index in [-0.39, 0.29) is 24.1 Å². The number of halogens is 3. The summed E-state index contributed by atoms with van der Waals surface area (Å²) < 4.78 is 36.4. The molecule has 0 saturated carbocycles. The predicted octanol–water partition coefficient (Wildman–Crippen LogP) is 1.20. The molecule has 0 aliphatic carbocycles. The smallest absolute Gasteiger partial charge is 0.396 e. The number of H-pyrrole nitrogens is 1. The average Bonchev–Trinajstić information content (AvgIpc) is 2.12. The fourth-order valence-corrected chi connectivity index (χ4v) is 1.47. The van der Waals surface area contributed by atoms with E-state index in [0.29, 0.717) is 0 Å². The van der Waals surface area contributed by atoms with E-state index in [1.807, 2.05) is 4.98 Å². The molecule has 8 heteroatoms. The molecule has 1 rings (SSSR count). The molecule has 100 valence electrons. The maximum Gasteiger partial charge on any atom is 0.396 e. The van der Waals surface area contributed by atoms with Gasteiger partial charge in [0, 0.05) is 17.7 Å². The summed E-state index contributed by atoms with van der Waals surface area (Å²) in [5.41, 5.74) is -0.495. The first kappa shape index (κ1) is 14.2. The molecular formula is C10H11F3N2O3. The number of aliphatic carboxylic acids is 1. The lowest BCUT2D eigenvalue weighted by atomic mass is 10.1. The van der Waals surface area contributed by atoms with E-state index in [1.54, 1.807) is 0 Å². The molecule has 0 aromatic carbocycles. The summed E-state index contributed by atoms with van der Waals surface area (Å²) in [7, 11) is 0. The maximum atomic E-state index is 12.1. The first-order valence-corrected chi connectivity index (χ1v) is 5.06. The second kappa shape index (κ2) is 5.19. The Bertz CT molecular complexity index is 508. The van der Waals surface area contributed by atoms with Crippen molar-refractivity contribution in [1.29, 1.82) is 0 Å². The molecule has 18 heavy (non-hydrogen) atoms. The Labute approximate surface area is 99.7 Å². The molecule has 0 aliphatic rings. The molecule has 2 N–H and O–H groups in total. The zero-order valence-electron chi connectivity index (χ0n) is 9.47. The van der Waals surface area contributed by atoms with Gasteiger partial charge in [0.15, 0.2) is 0 Å². The van der Waals surface area contributed by atoms with Crippen molar-refractivity contribution < 1.29 is 23.1 Å². The Balaban J connectivity index is 2.98. The quantitative estimate of drug-likeness (QED) is 0.856. The minimum atomic E-state index is -4.45. The van der Waals surface area contributed by atoms with Crippen LogP contribution in [-0.4, -0.2) is 27.2 Å². The fraction of sp³-hybridized carbons (Fsp3) is 0.500. The highest BCUT2D eigenvalue weighted by molar-refractivity contribution is 5.67. The maximum absolute atomic E-state index is 12.1. The van der Waals surface area contributed by atoms with Crippen molar-refractivity contribution in [3.05, 3.63) is 27.4 Å². The van der Waals surface area contributed by atoms with Crippen LogP contribution in [0.5, 0.6) is 0 Å². The lowest BCUT2D eigenvalue weighted by molar-refractivity contribution is -0.137. The number of rotatable bonds is 4. The van der Waals surface area contributed by atoms with Crippen molar-refractivity contribution in [2.45, 2.75) is 32.4 Å². The van der Waals surface area contributed by atoms with E-state index in [9.17, 15) is 22.8 Å². The number of aromatic amines is 1. The summed E-state index contributed by atoms with van der Waals surface area (Å²) in [6, 6.07) is 0. The zero-order valence-corrected chi connectivity index (χ0v) is 9.47. The number of nitrogens with one attached hydrogen (secondary N) is 1. The Kier molecular flexibility index (Phi) is 4.10. The van der Waals surface area contributed by atoms with Gasteiger partial charge in [-0.3, -0.25) is 9.59 Å². The van der Waals surface area contributed by atoms with E-state index in [4.69, 9.17) is 5.11 Å². The van der Waals surface area contributed by atoms with Gasteiger partial charge in [-0.25, -0.2) is 4.98 Å². The van der Waals surface area contributed by atoms with Gasteiger partial charge in [-0.1, -0.05) is 0 Å². The molecule has 0 spiro atoms. The fourth-order valence-electron chi connectivity index (χ4n) is 1.47. The predicted molar refractivity (Wildman–Crippen MR) is 55.3 cm³/mol. The average molecular weight is 264 g/mol. The number of hydrogen-bond donors (Lipinski definition) is 2. The van der Waals surface area contributed by atoms with Crippen LogP contribution >= 0.6 is 0 Å². The van der Waals surface area contributed by atoms with Crippen LogP contribution in [0.1, 0.15) is 23.5 Å². The van der Waals surface area contributed by atoms with Gasteiger partial charge in [0.25, 0.3) is 5.56 Å². The molecule has 1 aromatic rings. The van der Waals surface area contributed by atoms with Gasteiger partial charge in [-0.15, -0.1) is 0 Å². The van der Waals surface area contributed by atoms with E-state index in [0.717, 1.165) is 0 Å². The van der Waals surface area contributed by atoms with Gasteiger partial charge in [0.1, 0.15) is 12.2 Å². The lowest BCUT2D eigenvalue weighted by Gasteiger charge is -2.08. The number of carbonyl (C=O) groups is 1. The van der Waals surface area contributed by atoms with Crippen LogP contribution in [0.15, 0.2) is 4.79 Å². The summed E-state index contributed by atoms with van der Waals surface area (Å²) in [5.74, 6) is -1.56. The summed E-state index contributed by atoms with van der Waals surface area (Å²) >= 11 is 0. The van der Waals surface area contributed by atoms with E-state index < -0.39 is 30.0 Å². The molecule has 0 fully saturated rings. The van der Waals surface area contributed by atoms with Crippen molar-refractivity contribution in [2.24, 2.45) is 0 Å². The second-order valence-corrected chi connectivity index (χ2v) is 3.76. The van der Waals surface area contributed by atoms with Gasteiger partial charge < -0.3 is 10.1 Å². The van der Waals surface area contributed by atoms with Gasteiger partial charge in [-0.05, 0) is 13.3 Å². The minimum Gasteiger partial charge on any atom is -0.481 e. The number of hydrogen-bond acceptors (Lipinski definition) is 3. The molecule has 5 nitrogen and oxygen atoms in total. The first-order valence-electron chi connectivity index (χ1n) is 5.06. The minimum absolute atomic E-state index is 0.0597. The molecular weight excluding hydrogens is 253 g/mol. The van der Waals surface area contributed by atoms with Gasteiger partial charge in [-0.2, -0.15) is 13.2 Å². The Morgan fingerprint density at radius 3 is 2.50 bits per heavy atom. The van der Waals surface area contributed by atoms with E-state index in [1.165, 1.54) is 6.92 Å². The summed E-state index contributed by atoms with van der Waals surface area (Å²) in [6.07, 6.45) is -6.10. The van der Waals surface area contributed by atoms with E-state index in [2.05, 4.69) is 4.98 Å². The SMILES string of the molecule is Cc1nc(CC(F)(F)F)[nH]c(=O)c1CCC(=O)O. The van der Waals surface area contributed by atoms with Crippen molar-refractivity contribution in [1.82, 2.24) is 9.97 Å². The summed E-state index contributed by atoms with van der Waals surface area (Å²) in [5, 5.41) is 8.48. The molecule has 0 saturated heterocycles. The number of aromatic nitrogens is 2. The zero-order chi connectivity index (χ0) is 13.9. The molecule has 0 bridgehead atoms. The Hall–Kier alpha value is -1.86. The second-order valence-electron chi connectivity index (χ2n) is 3.76. The normalized spacial score (nSPS) is 11.6. The van der Waals surface area contributed by atoms with Crippen molar-refractivity contribution >= 4 is 5.97 Å². The number of alkyl halides is 3. The molecule has 0 radical (unpaired) electrons. The van der Waals surface area contributed by atoms with Crippen molar-refractivity contribution in [3.8, 4) is 0 Å². The van der Waals surface area contributed by atoms with Crippen molar-refractivity contribution in [3.63, 3.8) is 0 Å². The number of nitrogens with zero attached hydrogens (tertiary/aromatic N) is 1. The summed E-state index contributed by atoms with van der Waals surface area (Å²) in [4.78, 5) is 27.5. The van der Waals surface area contributed by atoms with Crippen LogP contribution in [0.3, 0.4) is 0 Å². The highest BCUT2D eigenvalue weighted by Crippen LogP contribution is 2.19. The molecule has 0 amide bonds. The standard InChI is InChI=1S/C10H11F3N2O3/c1-5-6(2-3-8(16)17)9(18)15-7(14-5)4-10(11,12)13/h2-4H2,1H3,(H,16,17)(H,14,15,18). The van der Waals surface area contributed by atoms with E-state index >= 15 is 0 Å². The number of carboxylic acids is 1. The third-order valence-corrected chi connectivity index (χ3v) is 2.23. The Morgan fingerprint density at radius 2 is 2.06 bits per heavy atom. The van der Waals surface area contributed by atoms with Crippen LogP contribution < -0.4 is 5.56 Å². The van der Waals surface area contributed by atoms with Gasteiger partial charge in [0.05, 0.1) is 0 Å². The molecule has 0 aliphatic heterocycles. The molecule has 1 aromatic heterocycles. The largest absolute Gasteiger partial charge is 0.481 e. The monoisotopic (exact) mass is 264 g/mol. The third kappa shape index (κ3) is 4.19. The number of aryl methyl sites for hydroxylation is 1. The first-order chi connectivity index (χ1) is 8.19. The van der Waals surface area contributed by atoms with Crippen LogP contribution in [0.4, 0.5) is 13.2 Å². The lowest BCUT2D eigenvalue weighted by Crippen LogP contribution is -2.23. The van der Waals surface area contributed by atoms with Gasteiger partial charge in [0.2, 0.25) is 0 Å². The topological polar surface area (TPSA) is 83.0 Å². The van der Waals surface area contributed by atoms with Crippen LogP contribution in [-0.2, 0) is 17.6 Å². The highest BCUT2D eigenvalue weighted by Gasteiger charge is 2.29. The van der Waals surface area contributed by atoms with Gasteiger partial charge >= 0.3 is 12.1 Å². The van der Waals surface area contributed by atoms with Crippen LogP contribution in [0, 0.1) is 6.92 Å². The van der Waals surface area contributed by atoms with Crippen LogP contribution in [0.25, 0.3) is 0 Å². The molecule has 0 atom stereocenters. The highest BCUT2D eigenvalue weighted by atomic mass is 19.4.